The Morgan fingerprint density at radius 1 is 0.711 bits per heavy atom. The van der Waals surface area contributed by atoms with Crippen LogP contribution in [0.5, 0.6) is 0 Å². The third kappa shape index (κ3) is 5.60. The van der Waals surface area contributed by atoms with Gasteiger partial charge in [0.1, 0.15) is 12.7 Å². The molecule has 1 aliphatic heterocycles. The molecule has 0 aliphatic carbocycles. The van der Waals surface area contributed by atoms with Crippen molar-refractivity contribution in [1.29, 1.82) is 0 Å². The van der Waals surface area contributed by atoms with E-state index in [0.29, 0.717) is 16.7 Å². The average molecular weight is 514 g/mol. The van der Waals surface area contributed by atoms with Gasteiger partial charge < -0.3 is 18.9 Å². The Hall–Kier alpha value is -4.83. The molecule has 1 aromatic heterocycles. The Kier molecular flexibility index (Phi) is 7.51. The van der Waals surface area contributed by atoms with E-state index < -0.39 is 42.4 Å². The number of nitrogens with zero attached hydrogens (tertiary/aromatic N) is 3. The van der Waals surface area contributed by atoms with E-state index in [0.717, 1.165) is 0 Å². The van der Waals surface area contributed by atoms with E-state index >= 15 is 0 Å². The number of hydrogen-bond donors (Lipinski definition) is 0. The Morgan fingerprint density at radius 2 is 1.21 bits per heavy atom. The molecule has 2 heterocycles. The number of rotatable bonds is 8. The lowest BCUT2D eigenvalue weighted by atomic mass is 10.1. The van der Waals surface area contributed by atoms with Gasteiger partial charge in [-0.3, -0.25) is 0 Å². The fourth-order valence-electron chi connectivity index (χ4n) is 4.02. The molecule has 0 amide bonds. The molecule has 10 heteroatoms. The molecule has 1 aliphatic rings. The highest BCUT2D eigenvalue weighted by Crippen LogP contribution is 2.35. The monoisotopic (exact) mass is 513 g/mol. The summed E-state index contributed by atoms with van der Waals surface area (Å²) in [7, 11) is 0. The van der Waals surface area contributed by atoms with E-state index in [9.17, 15) is 14.4 Å². The second-order valence-electron chi connectivity index (χ2n) is 8.38. The first-order valence-electron chi connectivity index (χ1n) is 11.9. The molecule has 0 saturated carbocycles. The van der Waals surface area contributed by atoms with Crippen molar-refractivity contribution >= 4 is 17.9 Å². The lowest BCUT2D eigenvalue weighted by Gasteiger charge is -2.24. The van der Waals surface area contributed by atoms with Gasteiger partial charge in [0.2, 0.25) is 0 Å². The van der Waals surface area contributed by atoms with Gasteiger partial charge in [0.05, 0.1) is 22.9 Å². The zero-order chi connectivity index (χ0) is 26.3. The molecule has 0 unspecified atom stereocenters. The van der Waals surface area contributed by atoms with Crippen LogP contribution in [0, 0.1) is 0 Å². The predicted molar refractivity (Wildman–Crippen MR) is 132 cm³/mol. The number of aromatic nitrogens is 3. The minimum absolute atomic E-state index is 0.273. The summed E-state index contributed by atoms with van der Waals surface area (Å²) in [6.45, 7) is -0.273. The highest BCUT2D eigenvalue weighted by atomic mass is 16.7. The van der Waals surface area contributed by atoms with E-state index in [2.05, 4.69) is 10.3 Å². The SMILES string of the molecule is O=C(OC[C@H]1O[C@@H](n2ccnn2)[C@H](OC(=O)c2ccccc2)[C@@H]1OC(=O)c1ccccc1)c1ccccc1. The maximum absolute atomic E-state index is 13.0. The Morgan fingerprint density at radius 3 is 1.71 bits per heavy atom. The summed E-state index contributed by atoms with van der Waals surface area (Å²) < 4.78 is 24.6. The molecule has 4 aromatic rings. The largest absolute Gasteiger partial charge is 0.459 e. The van der Waals surface area contributed by atoms with Crippen molar-refractivity contribution in [3.63, 3.8) is 0 Å². The summed E-state index contributed by atoms with van der Waals surface area (Å²) in [4.78, 5) is 38.7. The summed E-state index contributed by atoms with van der Waals surface area (Å²) in [5, 5.41) is 7.79. The first-order valence-corrected chi connectivity index (χ1v) is 11.9. The molecule has 4 atom stereocenters. The first-order chi connectivity index (χ1) is 18.6. The maximum Gasteiger partial charge on any atom is 0.338 e. The summed E-state index contributed by atoms with van der Waals surface area (Å²) in [5.74, 6) is -1.88. The summed E-state index contributed by atoms with van der Waals surface area (Å²) in [6, 6.07) is 25.2. The molecule has 0 radical (unpaired) electrons. The molecule has 0 N–H and O–H groups in total. The van der Waals surface area contributed by atoms with Crippen LogP contribution < -0.4 is 0 Å². The lowest BCUT2D eigenvalue weighted by Crippen LogP contribution is -2.41. The minimum atomic E-state index is -1.13. The van der Waals surface area contributed by atoms with Gasteiger partial charge >= 0.3 is 17.9 Å². The molecular weight excluding hydrogens is 490 g/mol. The summed E-state index contributed by atoms with van der Waals surface area (Å²) in [6.07, 6.45) is -1.27. The molecule has 38 heavy (non-hydrogen) atoms. The average Bonchev–Trinajstić information content (AvgIpc) is 3.62. The number of carbonyl (C=O) groups excluding carboxylic acids is 3. The number of esters is 3. The molecule has 1 saturated heterocycles. The van der Waals surface area contributed by atoms with Crippen LogP contribution in [0.15, 0.2) is 103 Å². The van der Waals surface area contributed by atoms with Gasteiger partial charge in [-0.2, -0.15) is 0 Å². The Balaban J connectivity index is 1.43. The molecular formula is C28H23N3O7. The molecule has 1 fully saturated rings. The van der Waals surface area contributed by atoms with Gasteiger partial charge in [0.15, 0.2) is 18.4 Å². The van der Waals surface area contributed by atoms with Crippen molar-refractivity contribution in [2.24, 2.45) is 0 Å². The fraction of sp³-hybridized carbons (Fsp3) is 0.179. The number of carbonyl (C=O) groups is 3. The van der Waals surface area contributed by atoms with Crippen molar-refractivity contribution in [2.45, 2.75) is 24.5 Å². The Bertz CT molecular complexity index is 1370. The van der Waals surface area contributed by atoms with E-state index in [4.69, 9.17) is 18.9 Å². The van der Waals surface area contributed by atoms with Crippen LogP contribution in [0.3, 0.4) is 0 Å². The highest BCUT2D eigenvalue weighted by Gasteiger charge is 2.51. The summed E-state index contributed by atoms with van der Waals surface area (Å²) in [5.41, 5.74) is 0.949. The van der Waals surface area contributed by atoms with Crippen LogP contribution in [0.4, 0.5) is 0 Å². The fourth-order valence-corrected chi connectivity index (χ4v) is 4.02. The van der Waals surface area contributed by atoms with Crippen molar-refractivity contribution in [3.8, 4) is 0 Å². The van der Waals surface area contributed by atoms with E-state index in [1.807, 2.05) is 0 Å². The number of benzene rings is 3. The number of ether oxygens (including phenoxy) is 4. The van der Waals surface area contributed by atoms with Crippen molar-refractivity contribution in [2.75, 3.05) is 6.61 Å². The lowest BCUT2D eigenvalue weighted by molar-refractivity contribution is -0.0678. The maximum atomic E-state index is 13.0. The normalized spacial score (nSPS) is 20.4. The highest BCUT2D eigenvalue weighted by molar-refractivity contribution is 5.91. The molecule has 5 rings (SSSR count). The third-order valence-electron chi connectivity index (χ3n) is 5.88. The van der Waals surface area contributed by atoms with Gasteiger partial charge in [-0.05, 0) is 36.4 Å². The molecule has 10 nitrogen and oxygen atoms in total. The van der Waals surface area contributed by atoms with Gasteiger partial charge in [-0.15, -0.1) is 5.10 Å². The molecule has 0 spiro atoms. The zero-order valence-electron chi connectivity index (χ0n) is 20.0. The van der Waals surface area contributed by atoms with E-state index in [-0.39, 0.29) is 6.61 Å². The minimum Gasteiger partial charge on any atom is -0.459 e. The first kappa shape index (κ1) is 24.8. The van der Waals surface area contributed by atoms with Gasteiger partial charge in [-0.25, -0.2) is 19.1 Å². The molecule has 192 valence electrons. The van der Waals surface area contributed by atoms with Crippen molar-refractivity contribution in [3.05, 3.63) is 120 Å². The van der Waals surface area contributed by atoms with Gasteiger partial charge in [-0.1, -0.05) is 59.8 Å². The van der Waals surface area contributed by atoms with Crippen LogP contribution >= 0.6 is 0 Å². The van der Waals surface area contributed by atoms with E-state index in [1.165, 1.54) is 17.1 Å². The zero-order valence-corrected chi connectivity index (χ0v) is 20.0. The van der Waals surface area contributed by atoms with Crippen LogP contribution in [-0.4, -0.2) is 57.8 Å². The predicted octanol–water partition coefficient (Wildman–Crippen LogP) is 3.48. The smallest absolute Gasteiger partial charge is 0.338 e. The third-order valence-corrected chi connectivity index (χ3v) is 5.88. The summed E-state index contributed by atoms with van der Waals surface area (Å²) >= 11 is 0. The second-order valence-corrected chi connectivity index (χ2v) is 8.38. The Labute approximate surface area is 217 Å². The standard InChI is InChI=1S/C28H23N3O7/c32-26(19-10-4-1-5-11-19)35-18-22-23(37-27(33)20-12-6-2-7-13-20)24(25(36-22)31-17-16-29-30-31)38-28(34)21-14-8-3-9-15-21/h1-17,22-25H,18H2/t22-,23-,24-,25-/m1/s1. The molecule has 0 bridgehead atoms. The number of hydrogen-bond acceptors (Lipinski definition) is 9. The van der Waals surface area contributed by atoms with Crippen LogP contribution in [0.25, 0.3) is 0 Å². The quantitative estimate of drug-likeness (QED) is 0.258. The topological polar surface area (TPSA) is 119 Å². The van der Waals surface area contributed by atoms with Gasteiger partial charge in [0.25, 0.3) is 0 Å². The van der Waals surface area contributed by atoms with Crippen molar-refractivity contribution < 1.29 is 33.3 Å². The van der Waals surface area contributed by atoms with Gasteiger partial charge in [0, 0.05) is 6.20 Å². The van der Waals surface area contributed by atoms with Crippen LogP contribution in [0.1, 0.15) is 37.3 Å². The van der Waals surface area contributed by atoms with Crippen LogP contribution in [-0.2, 0) is 18.9 Å². The van der Waals surface area contributed by atoms with E-state index in [1.54, 1.807) is 91.0 Å². The molecule has 3 aromatic carbocycles. The second kappa shape index (κ2) is 11.5. The van der Waals surface area contributed by atoms with Crippen LogP contribution in [0.2, 0.25) is 0 Å². The van der Waals surface area contributed by atoms with Crippen molar-refractivity contribution in [1.82, 2.24) is 15.0 Å².